The largest absolute Gasteiger partial charge is 0.353 e. The molecule has 0 aromatic rings. The van der Waals surface area contributed by atoms with Gasteiger partial charge in [-0.3, -0.25) is 14.8 Å². The summed E-state index contributed by atoms with van der Waals surface area (Å²) >= 11 is 0. The van der Waals surface area contributed by atoms with Crippen molar-refractivity contribution in [2.24, 2.45) is 0 Å². The summed E-state index contributed by atoms with van der Waals surface area (Å²) in [6.45, 7) is 4.11. The SMILES string of the molecule is CCCCCCCCCC(=O)NC(CC)CC(=O)NO. The number of nitrogens with one attached hydrogen (secondary N) is 2. The van der Waals surface area contributed by atoms with Gasteiger partial charge in [-0.2, -0.15) is 0 Å². The lowest BCUT2D eigenvalue weighted by molar-refractivity contribution is -0.130. The van der Waals surface area contributed by atoms with Gasteiger partial charge in [0.25, 0.3) is 0 Å². The van der Waals surface area contributed by atoms with Gasteiger partial charge in [0.1, 0.15) is 0 Å². The normalized spacial score (nSPS) is 11.9. The molecule has 0 aromatic carbocycles. The Kier molecular flexibility index (Phi) is 12.2. The fourth-order valence-electron chi connectivity index (χ4n) is 2.11. The van der Waals surface area contributed by atoms with Crippen LogP contribution in [0.5, 0.6) is 0 Å². The Labute approximate surface area is 122 Å². The lowest BCUT2D eigenvalue weighted by atomic mass is 10.1. The van der Waals surface area contributed by atoms with E-state index in [4.69, 9.17) is 5.21 Å². The van der Waals surface area contributed by atoms with Gasteiger partial charge in [-0.25, -0.2) is 5.48 Å². The molecule has 0 aliphatic heterocycles. The fraction of sp³-hybridized carbons (Fsp3) is 0.867. The minimum atomic E-state index is -0.465. The molecule has 20 heavy (non-hydrogen) atoms. The highest BCUT2D eigenvalue weighted by Gasteiger charge is 2.13. The van der Waals surface area contributed by atoms with Gasteiger partial charge in [0.2, 0.25) is 11.8 Å². The van der Waals surface area contributed by atoms with Crippen molar-refractivity contribution in [1.29, 1.82) is 0 Å². The lowest BCUT2D eigenvalue weighted by Gasteiger charge is -2.15. The molecule has 0 radical (unpaired) electrons. The molecule has 0 saturated heterocycles. The fourth-order valence-corrected chi connectivity index (χ4v) is 2.11. The predicted molar refractivity (Wildman–Crippen MR) is 79.4 cm³/mol. The zero-order valence-electron chi connectivity index (χ0n) is 12.9. The van der Waals surface area contributed by atoms with E-state index in [1.807, 2.05) is 6.92 Å². The first-order chi connectivity index (χ1) is 9.63. The van der Waals surface area contributed by atoms with E-state index in [1.54, 1.807) is 5.48 Å². The maximum absolute atomic E-state index is 11.7. The van der Waals surface area contributed by atoms with Crippen molar-refractivity contribution < 1.29 is 14.8 Å². The number of unbranched alkanes of at least 4 members (excludes halogenated alkanes) is 6. The molecule has 0 aliphatic carbocycles. The summed E-state index contributed by atoms with van der Waals surface area (Å²) in [7, 11) is 0. The van der Waals surface area contributed by atoms with Crippen LogP contribution in [0.15, 0.2) is 0 Å². The Morgan fingerprint density at radius 2 is 1.55 bits per heavy atom. The molecule has 0 bridgehead atoms. The molecular formula is C15H30N2O3. The molecule has 0 spiro atoms. The summed E-state index contributed by atoms with van der Waals surface area (Å²) in [5.74, 6) is -0.468. The molecule has 0 aliphatic rings. The minimum Gasteiger partial charge on any atom is -0.353 e. The summed E-state index contributed by atoms with van der Waals surface area (Å²) in [6.07, 6.45) is 9.59. The van der Waals surface area contributed by atoms with E-state index >= 15 is 0 Å². The summed E-state index contributed by atoms with van der Waals surface area (Å²) < 4.78 is 0. The third kappa shape index (κ3) is 10.8. The molecule has 2 amide bonds. The van der Waals surface area contributed by atoms with Crippen LogP contribution in [-0.2, 0) is 9.59 Å². The van der Waals surface area contributed by atoms with Crippen molar-refractivity contribution in [1.82, 2.24) is 10.8 Å². The first kappa shape index (κ1) is 18.9. The highest BCUT2D eigenvalue weighted by Crippen LogP contribution is 2.08. The molecule has 5 heteroatoms. The van der Waals surface area contributed by atoms with E-state index in [-0.39, 0.29) is 18.4 Å². The molecule has 0 fully saturated rings. The molecule has 118 valence electrons. The van der Waals surface area contributed by atoms with Crippen LogP contribution in [0.2, 0.25) is 0 Å². The number of carbonyl (C=O) groups excluding carboxylic acids is 2. The monoisotopic (exact) mass is 286 g/mol. The quantitative estimate of drug-likeness (QED) is 0.293. The van der Waals surface area contributed by atoms with Crippen molar-refractivity contribution in [3.8, 4) is 0 Å². The van der Waals surface area contributed by atoms with Gasteiger partial charge in [0, 0.05) is 18.9 Å². The molecule has 1 atom stereocenters. The van der Waals surface area contributed by atoms with E-state index in [2.05, 4.69) is 12.2 Å². The third-order valence-electron chi connectivity index (χ3n) is 3.42. The number of hydroxylamine groups is 1. The predicted octanol–water partition coefficient (Wildman–Crippen LogP) is 2.92. The number of amides is 2. The van der Waals surface area contributed by atoms with E-state index in [1.165, 1.54) is 32.1 Å². The molecule has 1 unspecified atom stereocenters. The first-order valence-electron chi connectivity index (χ1n) is 7.86. The molecule has 0 heterocycles. The smallest absolute Gasteiger partial charge is 0.245 e. The van der Waals surface area contributed by atoms with Gasteiger partial charge < -0.3 is 5.32 Å². The zero-order valence-corrected chi connectivity index (χ0v) is 12.9. The molecule has 3 N–H and O–H groups in total. The lowest BCUT2D eigenvalue weighted by Crippen LogP contribution is -2.38. The topological polar surface area (TPSA) is 78.4 Å². The van der Waals surface area contributed by atoms with Gasteiger partial charge in [0.05, 0.1) is 0 Å². The van der Waals surface area contributed by atoms with Crippen LogP contribution < -0.4 is 10.8 Å². The van der Waals surface area contributed by atoms with Crippen molar-refractivity contribution in [2.75, 3.05) is 0 Å². The number of rotatable bonds is 12. The Hall–Kier alpha value is -1.10. The van der Waals surface area contributed by atoms with E-state index in [0.717, 1.165) is 12.8 Å². The summed E-state index contributed by atoms with van der Waals surface area (Å²) in [6, 6.07) is -0.195. The van der Waals surface area contributed by atoms with Crippen molar-refractivity contribution >= 4 is 11.8 Å². The Balaban J connectivity index is 3.62. The zero-order chi connectivity index (χ0) is 15.2. The van der Waals surface area contributed by atoms with Crippen molar-refractivity contribution in [3.63, 3.8) is 0 Å². The summed E-state index contributed by atoms with van der Waals surface area (Å²) in [5, 5.41) is 11.3. The van der Waals surface area contributed by atoms with Gasteiger partial charge in [-0.05, 0) is 12.8 Å². The van der Waals surface area contributed by atoms with Gasteiger partial charge in [-0.15, -0.1) is 0 Å². The standard InChI is InChI=1S/C15H30N2O3/c1-3-5-6-7-8-9-10-11-14(18)16-13(4-2)12-15(19)17-20/h13,20H,3-12H2,1-2H3,(H,16,18)(H,17,19). The van der Waals surface area contributed by atoms with Gasteiger partial charge in [0.15, 0.2) is 0 Å². The number of hydrogen-bond donors (Lipinski definition) is 3. The number of hydrogen-bond acceptors (Lipinski definition) is 3. The molecule has 0 aromatic heterocycles. The average molecular weight is 286 g/mol. The van der Waals surface area contributed by atoms with Crippen LogP contribution in [0, 0.1) is 0 Å². The molecule has 0 saturated carbocycles. The Morgan fingerprint density at radius 1 is 0.950 bits per heavy atom. The van der Waals surface area contributed by atoms with Crippen molar-refractivity contribution in [3.05, 3.63) is 0 Å². The van der Waals surface area contributed by atoms with E-state index in [9.17, 15) is 9.59 Å². The van der Waals surface area contributed by atoms with Gasteiger partial charge in [-0.1, -0.05) is 52.4 Å². The maximum atomic E-state index is 11.7. The van der Waals surface area contributed by atoms with Crippen LogP contribution in [0.3, 0.4) is 0 Å². The Bertz CT molecular complexity index is 270. The summed E-state index contributed by atoms with van der Waals surface area (Å²) in [5.41, 5.74) is 1.59. The molecular weight excluding hydrogens is 256 g/mol. The van der Waals surface area contributed by atoms with Crippen LogP contribution >= 0.6 is 0 Å². The van der Waals surface area contributed by atoms with Crippen LogP contribution in [0.1, 0.15) is 78.1 Å². The second kappa shape index (κ2) is 12.9. The van der Waals surface area contributed by atoms with E-state index in [0.29, 0.717) is 12.8 Å². The summed E-state index contributed by atoms with van der Waals surface area (Å²) in [4.78, 5) is 22.7. The third-order valence-corrected chi connectivity index (χ3v) is 3.42. The van der Waals surface area contributed by atoms with E-state index < -0.39 is 5.91 Å². The number of carbonyl (C=O) groups is 2. The Morgan fingerprint density at radius 3 is 2.10 bits per heavy atom. The first-order valence-corrected chi connectivity index (χ1v) is 7.86. The van der Waals surface area contributed by atoms with Crippen molar-refractivity contribution in [2.45, 2.75) is 84.1 Å². The minimum absolute atomic E-state index is 0.00357. The maximum Gasteiger partial charge on any atom is 0.245 e. The average Bonchev–Trinajstić information content (AvgIpc) is 2.45. The molecule has 0 rings (SSSR count). The van der Waals surface area contributed by atoms with Crippen LogP contribution in [-0.4, -0.2) is 23.1 Å². The second-order valence-corrected chi connectivity index (χ2v) is 5.28. The highest BCUT2D eigenvalue weighted by atomic mass is 16.5. The van der Waals surface area contributed by atoms with Crippen LogP contribution in [0.25, 0.3) is 0 Å². The molecule has 5 nitrogen and oxygen atoms in total. The van der Waals surface area contributed by atoms with Crippen LogP contribution in [0.4, 0.5) is 0 Å². The highest BCUT2D eigenvalue weighted by molar-refractivity contribution is 5.79. The second-order valence-electron chi connectivity index (χ2n) is 5.28. The van der Waals surface area contributed by atoms with Gasteiger partial charge >= 0.3 is 0 Å².